The first kappa shape index (κ1) is 15.2. The molecule has 1 saturated carbocycles. The summed E-state index contributed by atoms with van der Waals surface area (Å²) in [7, 11) is 1.73. The van der Waals surface area contributed by atoms with E-state index in [0.29, 0.717) is 6.04 Å². The van der Waals surface area contributed by atoms with Crippen LogP contribution in [0.3, 0.4) is 0 Å². The van der Waals surface area contributed by atoms with Crippen molar-refractivity contribution < 1.29 is 4.74 Å². The maximum absolute atomic E-state index is 5.32. The highest BCUT2D eigenvalue weighted by molar-refractivity contribution is 5.51. The highest BCUT2D eigenvalue weighted by atomic mass is 16.5. The number of rotatable bonds is 5. The predicted octanol–water partition coefficient (Wildman–Crippen LogP) is 5.02. The quantitative estimate of drug-likeness (QED) is 0.814. The van der Waals surface area contributed by atoms with Crippen LogP contribution in [0.2, 0.25) is 0 Å². The molecule has 0 aromatic heterocycles. The third kappa shape index (κ3) is 4.16. The zero-order valence-electron chi connectivity index (χ0n) is 13.4. The minimum atomic E-state index is 0.639. The van der Waals surface area contributed by atoms with Crippen LogP contribution in [-0.2, 0) is 0 Å². The van der Waals surface area contributed by atoms with Gasteiger partial charge in [0.1, 0.15) is 5.75 Å². The van der Waals surface area contributed by atoms with Crippen LogP contribution in [0.15, 0.2) is 18.2 Å². The predicted molar refractivity (Wildman–Crippen MR) is 86.6 cm³/mol. The Hall–Kier alpha value is -1.18. The zero-order chi connectivity index (χ0) is 14.5. The molecule has 20 heavy (non-hydrogen) atoms. The first-order chi connectivity index (χ1) is 9.58. The van der Waals surface area contributed by atoms with Crippen molar-refractivity contribution >= 4 is 5.69 Å². The molecule has 1 aromatic carbocycles. The first-order valence-electron chi connectivity index (χ1n) is 7.99. The van der Waals surface area contributed by atoms with Gasteiger partial charge in [0.05, 0.1) is 7.11 Å². The lowest BCUT2D eigenvalue weighted by Crippen LogP contribution is -2.28. The van der Waals surface area contributed by atoms with Crippen LogP contribution in [-0.4, -0.2) is 13.2 Å². The van der Waals surface area contributed by atoms with Gasteiger partial charge in [0, 0.05) is 11.7 Å². The van der Waals surface area contributed by atoms with Gasteiger partial charge in [0.25, 0.3) is 0 Å². The molecule has 2 unspecified atom stereocenters. The molecule has 0 spiro atoms. The Labute approximate surface area is 123 Å². The van der Waals surface area contributed by atoms with Crippen molar-refractivity contribution in [3.8, 4) is 5.75 Å². The molecular weight excluding hydrogens is 246 g/mol. The summed E-state index contributed by atoms with van der Waals surface area (Å²) in [5.41, 5.74) is 2.44. The van der Waals surface area contributed by atoms with Gasteiger partial charge in [0.2, 0.25) is 0 Å². The van der Waals surface area contributed by atoms with Gasteiger partial charge in [-0.2, -0.15) is 0 Å². The molecule has 1 aliphatic rings. The van der Waals surface area contributed by atoms with Crippen molar-refractivity contribution in [1.29, 1.82) is 0 Å². The van der Waals surface area contributed by atoms with E-state index in [0.717, 1.165) is 17.6 Å². The maximum atomic E-state index is 5.32. The molecule has 112 valence electrons. The third-order valence-corrected chi connectivity index (χ3v) is 4.35. The number of ether oxygens (including phenoxy) is 1. The number of methoxy groups -OCH3 is 1. The number of hydrogen-bond donors (Lipinski definition) is 1. The normalized spacial score (nSPS) is 22.9. The molecule has 0 amide bonds. The molecule has 0 saturated heterocycles. The van der Waals surface area contributed by atoms with Gasteiger partial charge in [0.15, 0.2) is 0 Å². The van der Waals surface area contributed by atoms with Gasteiger partial charge >= 0.3 is 0 Å². The van der Waals surface area contributed by atoms with Crippen molar-refractivity contribution in [2.24, 2.45) is 11.8 Å². The summed E-state index contributed by atoms with van der Waals surface area (Å²) in [5.74, 6) is 2.69. The monoisotopic (exact) mass is 275 g/mol. The molecule has 2 atom stereocenters. The molecule has 1 aromatic rings. The molecule has 0 bridgehead atoms. The minimum Gasteiger partial charge on any atom is -0.496 e. The van der Waals surface area contributed by atoms with Gasteiger partial charge in [-0.3, -0.25) is 0 Å². The maximum Gasteiger partial charge on any atom is 0.121 e. The van der Waals surface area contributed by atoms with Crippen molar-refractivity contribution in [2.45, 2.75) is 58.9 Å². The average molecular weight is 275 g/mol. The molecule has 0 radical (unpaired) electrons. The van der Waals surface area contributed by atoms with E-state index >= 15 is 0 Å². The van der Waals surface area contributed by atoms with E-state index in [1.807, 2.05) is 0 Å². The molecule has 1 fully saturated rings. The fourth-order valence-electron chi connectivity index (χ4n) is 3.51. The van der Waals surface area contributed by atoms with Crippen LogP contribution in [0.1, 0.15) is 51.5 Å². The summed E-state index contributed by atoms with van der Waals surface area (Å²) in [4.78, 5) is 0. The number of aryl methyl sites for hydroxylation is 1. The number of nitrogens with one attached hydrogen (secondary N) is 1. The third-order valence-electron chi connectivity index (χ3n) is 4.35. The van der Waals surface area contributed by atoms with Gasteiger partial charge < -0.3 is 10.1 Å². The summed E-state index contributed by atoms with van der Waals surface area (Å²) in [6, 6.07) is 7.04. The highest BCUT2D eigenvalue weighted by Crippen LogP contribution is 2.31. The van der Waals surface area contributed by atoms with Crippen LogP contribution in [0.5, 0.6) is 5.75 Å². The van der Waals surface area contributed by atoms with E-state index in [4.69, 9.17) is 4.74 Å². The van der Waals surface area contributed by atoms with Crippen molar-refractivity contribution in [3.05, 3.63) is 23.8 Å². The Bertz CT molecular complexity index is 427. The van der Waals surface area contributed by atoms with Crippen molar-refractivity contribution in [1.82, 2.24) is 0 Å². The molecule has 2 rings (SSSR count). The molecule has 0 heterocycles. The van der Waals surface area contributed by atoms with Crippen LogP contribution in [0.4, 0.5) is 5.69 Å². The highest BCUT2D eigenvalue weighted by Gasteiger charge is 2.22. The molecular formula is C18H29NO. The molecule has 1 aliphatic carbocycles. The minimum absolute atomic E-state index is 0.639. The lowest BCUT2D eigenvalue weighted by Gasteiger charge is -2.31. The first-order valence-corrected chi connectivity index (χ1v) is 7.99. The van der Waals surface area contributed by atoms with E-state index in [1.54, 1.807) is 7.11 Å². The Morgan fingerprint density at radius 2 is 2.10 bits per heavy atom. The molecule has 1 N–H and O–H groups in total. The van der Waals surface area contributed by atoms with Crippen LogP contribution in [0, 0.1) is 18.8 Å². The molecule has 2 heteroatoms. The topological polar surface area (TPSA) is 21.3 Å². The largest absolute Gasteiger partial charge is 0.496 e. The number of anilines is 1. The van der Waals surface area contributed by atoms with Crippen molar-refractivity contribution in [3.63, 3.8) is 0 Å². The van der Waals surface area contributed by atoms with E-state index in [1.165, 1.54) is 43.4 Å². The lowest BCUT2D eigenvalue weighted by molar-refractivity contribution is 0.289. The van der Waals surface area contributed by atoms with Crippen LogP contribution < -0.4 is 10.1 Å². The Kier molecular flexibility index (Phi) is 5.33. The fourth-order valence-corrected chi connectivity index (χ4v) is 3.51. The summed E-state index contributed by atoms with van der Waals surface area (Å²) < 4.78 is 5.32. The Morgan fingerprint density at radius 3 is 2.75 bits per heavy atom. The van der Waals surface area contributed by atoms with Crippen LogP contribution in [0.25, 0.3) is 0 Å². The molecule has 0 aliphatic heterocycles. The summed E-state index contributed by atoms with van der Waals surface area (Å²) >= 11 is 0. The van der Waals surface area contributed by atoms with Crippen molar-refractivity contribution in [2.75, 3.05) is 12.4 Å². The zero-order valence-corrected chi connectivity index (χ0v) is 13.4. The van der Waals surface area contributed by atoms with Gasteiger partial charge in [-0.1, -0.05) is 26.7 Å². The van der Waals surface area contributed by atoms with E-state index in [2.05, 4.69) is 44.3 Å². The summed E-state index contributed by atoms with van der Waals surface area (Å²) in [6.45, 7) is 6.78. The van der Waals surface area contributed by atoms with Gasteiger partial charge in [-0.25, -0.2) is 0 Å². The van der Waals surface area contributed by atoms with E-state index in [9.17, 15) is 0 Å². The van der Waals surface area contributed by atoms with E-state index < -0.39 is 0 Å². The SMILES string of the molecule is COc1ccc(NC2CCCC(CC(C)C)C2)cc1C. The molecule has 2 nitrogen and oxygen atoms in total. The van der Waals surface area contributed by atoms with E-state index in [-0.39, 0.29) is 0 Å². The standard InChI is InChI=1S/C18H29NO/c1-13(2)10-15-6-5-7-16(12-15)19-17-8-9-18(20-4)14(3)11-17/h8-9,11,13,15-16,19H,5-7,10,12H2,1-4H3. The smallest absolute Gasteiger partial charge is 0.121 e. The fraction of sp³-hybridized carbons (Fsp3) is 0.667. The summed E-state index contributed by atoms with van der Waals surface area (Å²) in [5, 5.41) is 3.72. The van der Waals surface area contributed by atoms with Gasteiger partial charge in [-0.05, 0) is 61.8 Å². The second kappa shape index (κ2) is 7.01. The second-order valence-corrected chi connectivity index (χ2v) is 6.69. The lowest BCUT2D eigenvalue weighted by atomic mass is 9.81. The Morgan fingerprint density at radius 1 is 1.30 bits per heavy atom. The van der Waals surface area contributed by atoms with Crippen LogP contribution >= 0.6 is 0 Å². The second-order valence-electron chi connectivity index (χ2n) is 6.69. The Balaban J connectivity index is 1.93. The number of benzene rings is 1. The summed E-state index contributed by atoms with van der Waals surface area (Å²) in [6.07, 6.45) is 6.78. The average Bonchev–Trinajstić information content (AvgIpc) is 2.38. The number of hydrogen-bond acceptors (Lipinski definition) is 2. The van der Waals surface area contributed by atoms with Gasteiger partial charge in [-0.15, -0.1) is 0 Å².